The van der Waals surface area contributed by atoms with Crippen LogP contribution in [0.25, 0.3) is 0 Å². The first-order chi connectivity index (χ1) is 13.7. The van der Waals surface area contributed by atoms with Gasteiger partial charge in [-0.15, -0.1) is 0 Å². The largest absolute Gasteiger partial charge is 0.356 e. The topological polar surface area (TPSA) is 98.4 Å². The maximum Gasteiger partial charge on any atom is 0.246 e. The van der Waals surface area contributed by atoms with Crippen LogP contribution in [0.3, 0.4) is 0 Å². The SMILES string of the molecule is N#Cc1nccc(N2CCC(C(=O)N3N=CCC3c3cncc(F)c3)CC2)n1. The maximum atomic E-state index is 13.5. The molecule has 2 aromatic rings. The number of hydrogen-bond acceptors (Lipinski definition) is 7. The number of aromatic nitrogens is 3. The summed E-state index contributed by atoms with van der Waals surface area (Å²) in [6, 6.07) is 4.79. The second-order valence-corrected chi connectivity index (χ2v) is 6.78. The zero-order valence-corrected chi connectivity index (χ0v) is 15.1. The maximum absolute atomic E-state index is 13.5. The van der Waals surface area contributed by atoms with Gasteiger partial charge in [-0.2, -0.15) is 10.4 Å². The highest BCUT2D eigenvalue weighted by Gasteiger charge is 2.35. The Hall–Kier alpha value is -3.41. The van der Waals surface area contributed by atoms with Gasteiger partial charge >= 0.3 is 0 Å². The average Bonchev–Trinajstić information content (AvgIpc) is 3.23. The minimum atomic E-state index is -0.424. The monoisotopic (exact) mass is 379 g/mol. The van der Waals surface area contributed by atoms with E-state index in [4.69, 9.17) is 5.26 Å². The number of pyridine rings is 1. The highest BCUT2D eigenvalue weighted by molar-refractivity contribution is 5.82. The first-order valence-electron chi connectivity index (χ1n) is 9.10. The molecular weight excluding hydrogens is 361 g/mol. The van der Waals surface area contributed by atoms with E-state index in [0.717, 1.165) is 6.20 Å². The first-order valence-corrected chi connectivity index (χ1v) is 9.10. The van der Waals surface area contributed by atoms with E-state index in [1.165, 1.54) is 11.1 Å². The standard InChI is InChI=1S/C19H18FN7O/c20-15-9-14(11-22-12-15)16-1-6-24-27(16)19(28)13-3-7-26(8-4-13)18-2-5-23-17(10-21)25-18/h2,5-6,9,11-13,16H,1,3-4,7-8H2. The lowest BCUT2D eigenvalue weighted by atomic mass is 9.94. The molecule has 9 heteroatoms. The summed E-state index contributed by atoms with van der Waals surface area (Å²) in [5.41, 5.74) is 0.647. The fourth-order valence-electron chi connectivity index (χ4n) is 3.64. The second kappa shape index (κ2) is 7.68. The van der Waals surface area contributed by atoms with E-state index in [1.54, 1.807) is 24.7 Å². The highest BCUT2D eigenvalue weighted by Crippen LogP contribution is 2.32. The van der Waals surface area contributed by atoms with Gasteiger partial charge in [0.15, 0.2) is 0 Å². The van der Waals surface area contributed by atoms with Crippen LogP contribution in [0.4, 0.5) is 10.2 Å². The van der Waals surface area contributed by atoms with E-state index in [0.29, 0.717) is 43.7 Å². The molecule has 0 aromatic carbocycles. The van der Waals surface area contributed by atoms with Crippen molar-refractivity contribution in [2.75, 3.05) is 18.0 Å². The third-order valence-electron chi connectivity index (χ3n) is 5.08. The lowest BCUT2D eigenvalue weighted by molar-refractivity contribution is -0.138. The summed E-state index contributed by atoms with van der Waals surface area (Å²) in [4.78, 5) is 27.1. The molecule has 0 radical (unpaired) electrons. The van der Waals surface area contributed by atoms with Gasteiger partial charge in [0.1, 0.15) is 17.7 Å². The molecule has 2 aromatic heterocycles. The van der Waals surface area contributed by atoms with E-state index in [9.17, 15) is 9.18 Å². The summed E-state index contributed by atoms with van der Waals surface area (Å²) < 4.78 is 13.5. The molecule has 142 valence electrons. The van der Waals surface area contributed by atoms with Crippen molar-refractivity contribution in [3.05, 3.63) is 47.9 Å². The number of rotatable bonds is 3. The predicted molar refractivity (Wildman–Crippen MR) is 98.6 cm³/mol. The van der Waals surface area contributed by atoms with Crippen LogP contribution in [0, 0.1) is 23.1 Å². The molecule has 1 atom stereocenters. The molecular formula is C19H18FN7O. The Kier molecular flexibility index (Phi) is 4.93. The fraction of sp³-hybridized carbons (Fsp3) is 0.368. The van der Waals surface area contributed by atoms with Gasteiger partial charge in [-0.1, -0.05) is 0 Å². The van der Waals surface area contributed by atoms with E-state index >= 15 is 0 Å². The lowest BCUT2D eigenvalue weighted by Crippen LogP contribution is -2.41. The van der Waals surface area contributed by atoms with Gasteiger partial charge in [-0.25, -0.2) is 19.4 Å². The van der Waals surface area contributed by atoms with Crippen molar-refractivity contribution in [1.82, 2.24) is 20.0 Å². The summed E-state index contributed by atoms with van der Waals surface area (Å²) in [5.74, 6) is 0.191. The third-order valence-corrected chi connectivity index (χ3v) is 5.08. The molecule has 1 saturated heterocycles. The van der Waals surface area contributed by atoms with E-state index in [1.807, 2.05) is 11.0 Å². The molecule has 0 aliphatic carbocycles. The van der Waals surface area contributed by atoms with Gasteiger partial charge in [-0.05, 0) is 30.5 Å². The number of nitrogens with zero attached hydrogens (tertiary/aromatic N) is 7. The average molecular weight is 379 g/mol. The number of carbonyl (C=O) groups is 1. The van der Waals surface area contributed by atoms with Crippen molar-refractivity contribution in [2.45, 2.75) is 25.3 Å². The molecule has 0 saturated carbocycles. The molecule has 0 bridgehead atoms. The van der Waals surface area contributed by atoms with Gasteiger partial charge in [-0.3, -0.25) is 9.78 Å². The first kappa shape index (κ1) is 18.0. The smallest absolute Gasteiger partial charge is 0.246 e. The number of amides is 1. The summed E-state index contributed by atoms with van der Waals surface area (Å²) >= 11 is 0. The minimum absolute atomic E-state index is 0.0527. The Morgan fingerprint density at radius 2 is 2.11 bits per heavy atom. The Bertz CT molecular complexity index is 949. The van der Waals surface area contributed by atoms with Gasteiger partial charge in [0.05, 0.1) is 12.2 Å². The Morgan fingerprint density at radius 1 is 1.29 bits per heavy atom. The van der Waals surface area contributed by atoms with Gasteiger partial charge in [0.25, 0.3) is 0 Å². The zero-order valence-electron chi connectivity index (χ0n) is 15.1. The summed E-state index contributed by atoms with van der Waals surface area (Å²) in [6.45, 7) is 1.31. The van der Waals surface area contributed by atoms with Crippen LogP contribution >= 0.6 is 0 Å². The van der Waals surface area contributed by atoms with Crippen molar-refractivity contribution < 1.29 is 9.18 Å². The zero-order chi connectivity index (χ0) is 19.5. The number of hydrazone groups is 1. The second-order valence-electron chi connectivity index (χ2n) is 6.78. The molecule has 4 rings (SSSR count). The third kappa shape index (κ3) is 3.53. The van der Waals surface area contributed by atoms with Crippen LogP contribution in [0.15, 0.2) is 35.8 Å². The van der Waals surface area contributed by atoms with E-state index in [2.05, 4.69) is 20.1 Å². The molecule has 2 aliphatic heterocycles. The van der Waals surface area contributed by atoms with Crippen molar-refractivity contribution >= 4 is 17.9 Å². The molecule has 1 fully saturated rings. The van der Waals surface area contributed by atoms with Crippen LogP contribution in [0.2, 0.25) is 0 Å². The Balaban J connectivity index is 1.42. The summed E-state index contributed by atoms with van der Waals surface area (Å²) in [7, 11) is 0. The van der Waals surface area contributed by atoms with E-state index < -0.39 is 5.82 Å². The molecule has 0 N–H and O–H groups in total. The van der Waals surface area contributed by atoms with Gasteiger partial charge in [0, 0.05) is 44.0 Å². The normalized spacial score (nSPS) is 19.6. The van der Waals surface area contributed by atoms with Crippen molar-refractivity contribution in [3.8, 4) is 6.07 Å². The molecule has 2 aliphatic rings. The molecule has 4 heterocycles. The summed E-state index contributed by atoms with van der Waals surface area (Å²) in [5, 5.41) is 14.7. The number of nitriles is 1. The minimum Gasteiger partial charge on any atom is -0.356 e. The van der Waals surface area contributed by atoms with Crippen LogP contribution in [-0.4, -0.2) is 45.2 Å². The molecule has 1 unspecified atom stereocenters. The van der Waals surface area contributed by atoms with Crippen molar-refractivity contribution in [1.29, 1.82) is 5.26 Å². The van der Waals surface area contributed by atoms with E-state index in [-0.39, 0.29) is 23.7 Å². The van der Waals surface area contributed by atoms with Crippen LogP contribution in [-0.2, 0) is 4.79 Å². The molecule has 8 nitrogen and oxygen atoms in total. The van der Waals surface area contributed by atoms with Crippen LogP contribution < -0.4 is 4.90 Å². The fourth-order valence-corrected chi connectivity index (χ4v) is 3.64. The van der Waals surface area contributed by atoms with Gasteiger partial charge < -0.3 is 4.90 Å². The molecule has 1 amide bonds. The Labute approximate surface area is 161 Å². The van der Waals surface area contributed by atoms with Gasteiger partial charge in [0.2, 0.25) is 11.7 Å². The number of hydrogen-bond donors (Lipinski definition) is 0. The summed E-state index contributed by atoms with van der Waals surface area (Å²) in [6.07, 6.45) is 7.84. The number of piperidine rings is 1. The van der Waals surface area contributed by atoms with Crippen LogP contribution in [0.1, 0.15) is 36.7 Å². The van der Waals surface area contributed by atoms with Crippen LogP contribution in [0.5, 0.6) is 0 Å². The highest BCUT2D eigenvalue weighted by atomic mass is 19.1. The number of carbonyl (C=O) groups excluding carboxylic acids is 1. The quantitative estimate of drug-likeness (QED) is 0.810. The Morgan fingerprint density at radius 3 is 2.86 bits per heavy atom. The van der Waals surface area contributed by atoms with Crippen molar-refractivity contribution in [3.63, 3.8) is 0 Å². The van der Waals surface area contributed by atoms with Crippen molar-refractivity contribution in [2.24, 2.45) is 11.0 Å². The number of halogens is 1. The number of anilines is 1. The lowest BCUT2D eigenvalue weighted by Gasteiger charge is -2.34. The predicted octanol–water partition coefficient (Wildman–Crippen LogP) is 2.06. The molecule has 0 spiro atoms. The molecule has 28 heavy (non-hydrogen) atoms.